The van der Waals surface area contributed by atoms with Crippen LogP contribution in [-0.4, -0.2) is 111 Å². The number of amides is 1. The molecule has 0 unspecified atom stereocenters. The van der Waals surface area contributed by atoms with E-state index >= 15 is 4.79 Å². The number of benzene rings is 2. The molecule has 2 aromatic rings. The van der Waals surface area contributed by atoms with E-state index in [1.54, 1.807) is 69.3 Å². The highest BCUT2D eigenvalue weighted by Gasteiger charge is 2.78. The number of aliphatic hydroxyl groups is 3. The van der Waals surface area contributed by atoms with Gasteiger partial charge in [-0.3, -0.25) is 9.59 Å². The third-order valence-corrected chi connectivity index (χ3v) is 12.9. The molecule has 16 nitrogen and oxygen atoms in total. The summed E-state index contributed by atoms with van der Waals surface area (Å²) < 4.78 is 35.0. The average molecular weight is 870 g/mol. The van der Waals surface area contributed by atoms with Crippen molar-refractivity contribution in [1.82, 2.24) is 5.32 Å². The van der Waals surface area contributed by atoms with Gasteiger partial charge >= 0.3 is 29.4 Å². The molecule has 4 N–H and O–H groups in total. The number of Topliss-reactive ketones (excluding diaryl/α,β-unsaturated/α-hetero) is 1. The molecule has 3 fully saturated rings. The molecule has 1 saturated heterocycles. The molecule has 0 radical (unpaired) electrons. The number of halogens is 1. The Morgan fingerprint density at radius 2 is 1.56 bits per heavy atom. The minimum absolute atomic E-state index is 0.0549. The Balaban J connectivity index is 1.52. The van der Waals surface area contributed by atoms with Crippen molar-refractivity contribution in [2.24, 2.45) is 16.7 Å². The zero-order chi connectivity index (χ0) is 45.0. The van der Waals surface area contributed by atoms with Crippen molar-refractivity contribution < 1.29 is 72.5 Å². The van der Waals surface area contributed by atoms with E-state index in [0.717, 1.165) is 6.92 Å². The SMILES string of the molecule is CC(=O)O[C@@]12CO[C@@H]1C[C@H](O)[C@@]1(C)C(=O)[C@H](O)C3=C(C)[C@@H](OC(=O)[C@H](OC(=O)Cl)[C@@H](NC(=O)OC(C)(C)C)c4ccccc4)C[C@@](O)([C@@H](OC(=O)c4ccccc4)[C@H]21)C3(C)C. The standard InChI is InChI=1S/C44H52ClNO15/c1-22-26(57-37(52)32(58-38(45)53)30(24-15-11-9-12-16-24)46-39(54)61-40(3,4)5)20-44(55)35(59-36(51)25-17-13-10-14-18-25)33-42(8,34(50)31(49)29(22)41(44,6)7)27(48)19-28-43(33,21-56-28)60-23(2)47/h9-18,26-28,30-33,35,48-49,55H,19-21H2,1-8H3,(H,46,54)/t26-,27-,28+,30-,31+,32+,33-,35-,42+,43-,44+/m0/s1. The fourth-order valence-corrected chi connectivity index (χ4v) is 9.86. The first kappa shape index (κ1) is 45.7. The Morgan fingerprint density at radius 1 is 0.951 bits per heavy atom. The number of aliphatic hydroxyl groups excluding tert-OH is 2. The number of hydrogen-bond donors (Lipinski definition) is 4. The number of ether oxygens (including phenoxy) is 6. The van der Waals surface area contributed by atoms with E-state index in [1.807, 2.05) is 0 Å². The van der Waals surface area contributed by atoms with Gasteiger partial charge in [-0.05, 0) is 63.5 Å². The number of carbonyl (C=O) groups excluding carboxylic acids is 6. The fourth-order valence-electron chi connectivity index (χ4n) is 9.76. The molecule has 330 valence electrons. The monoisotopic (exact) mass is 869 g/mol. The lowest BCUT2D eigenvalue weighted by molar-refractivity contribution is -0.346. The number of hydrogen-bond acceptors (Lipinski definition) is 15. The van der Waals surface area contributed by atoms with Crippen LogP contribution in [0, 0.1) is 16.7 Å². The third kappa shape index (κ3) is 8.04. The highest BCUT2D eigenvalue weighted by atomic mass is 35.5. The lowest BCUT2D eigenvalue weighted by Crippen LogP contribution is -2.81. The quantitative estimate of drug-likeness (QED) is 0.116. The van der Waals surface area contributed by atoms with Crippen molar-refractivity contribution in [1.29, 1.82) is 0 Å². The summed E-state index contributed by atoms with van der Waals surface area (Å²) in [6.07, 6.45) is -11.8. The van der Waals surface area contributed by atoms with Gasteiger partial charge in [0.25, 0.3) is 0 Å². The molecule has 61 heavy (non-hydrogen) atoms. The maximum atomic E-state index is 15.0. The second-order valence-electron chi connectivity index (χ2n) is 17.9. The van der Waals surface area contributed by atoms with Crippen molar-refractivity contribution in [2.45, 2.75) is 128 Å². The van der Waals surface area contributed by atoms with E-state index < -0.39 is 118 Å². The van der Waals surface area contributed by atoms with E-state index in [9.17, 15) is 39.3 Å². The maximum Gasteiger partial charge on any atom is 0.408 e. The Morgan fingerprint density at radius 3 is 2.10 bits per heavy atom. The van der Waals surface area contributed by atoms with Crippen LogP contribution in [0.15, 0.2) is 71.8 Å². The smallest absolute Gasteiger partial charge is 0.408 e. The fraction of sp³-hybridized carbons (Fsp3) is 0.545. The molecule has 11 atom stereocenters. The van der Waals surface area contributed by atoms with E-state index in [1.165, 1.54) is 39.8 Å². The number of alkyl carbamates (subject to hydrolysis) is 1. The number of rotatable bonds is 9. The third-order valence-electron chi connectivity index (χ3n) is 12.8. The van der Waals surface area contributed by atoms with Crippen LogP contribution >= 0.6 is 11.6 Å². The largest absolute Gasteiger partial charge is 0.455 e. The van der Waals surface area contributed by atoms with Crippen molar-refractivity contribution in [2.75, 3.05) is 6.61 Å². The summed E-state index contributed by atoms with van der Waals surface area (Å²) >= 11 is 5.72. The topological polar surface area (TPSA) is 231 Å². The molecule has 1 aliphatic heterocycles. The summed E-state index contributed by atoms with van der Waals surface area (Å²) in [7, 11) is 0. The highest BCUT2D eigenvalue weighted by molar-refractivity contribution is 6.61. The van der Waals surface area contributed by atoms with Gasteiger partial charge in [-0.2, -0.15) is 0 Å². The normalized spacial score (nSPS) is 32.5. The molecule has 6 rings (SSSR count). The molecule has 3 aliphatic carbocycles. The summed E-state index contributed by atoms with van der Waals surface area (Å²) in [4.78, 5) is 82.2. The molecular weight excluding hydrogens is 818 g/mol. The van der Waals surface area contributed by atoms with Crippen molar-refractivity contribution in [3.05, 3.63) is 82.9 Å². The Kier molecular flexibility index (Phi) is 12.3. The lowest BCUT2D eigenvalue weighted by atomic mass is 9.44. The summed E-state index contributed by atoms with van der Waals surface area (Å²) in [5.74, 6) is -5.52. The van der Waals surface area contributed by atoms with E-state index in [2.05, 4.69) is 5.32 Å². The lowest BCUT2D eigenvalue weighted by Gasteiger charge is -2.67. The van der Waals surface area contributed by atoms with E-state index in [0.29, 0.717) is 0 Å². The Labute approximate surface area is 357 Å². The van der Waals surface area contributed by atoms with Gasteiger partial charge in [-0.25, -0.2) is 19.2 Å². The number of esters is 3. The number of carbonyl (C=O) groups is 6. The molecule has 1 amide bonds. The van der Waals surface area contributed by atoms with Gasteiger partial charge in [0.1, 0.15) is 41.7 Å². The summed E-state index contributed by atoms with van der Waals surface area (Å²) in [6, 6.07) is 14.3. The minimum atomic E-state index is -2.42. The van der Waals surface area contributed by atoms with Crippen LogP contribution in [0.4, 0.5) is 9.59 Å². The van der Waals surface area contributed by atoms with Crippen LogP contribution in [0.5, 0.6) is 0 Å². The van der Waals surface area contributed by atoms with Gasteiger partial charge in [0.05, 0.1) is 29.6 Å². The molecule has 1 heterocycles. The predicted molar refractivity (Wildman–Crippen MR) is 214 cm³/mol. The summed E-state index contributed by atoms with van der Waals surface area (Å²) in [5, 5.41) is 40.2. The zero-order valence-electron chi connectivity index (χ0n) is 35.1. The molecule has 4 aliphatic rings. The van der Waals surface area contributed by atoms with Gasteiger partial charge in [0.2, 0.25) is 6.10 Å². The van der Waals surface area contributed by atoms with Crippen LogP contribution < -0.4 is 5.32 Å². The van der Waals surface area contributed by atoms with Gasteiger partial charge in [0.15, 0.2) is 11.4 Å². The second-order valence-corrected chi connectivity index (χ2v) is 18.2. The molecule has 0 aromatic heterocycles. The van der Waals surface area contributed by atoms with E-state index in [-0.39, 0.29) is 35.3 Å². The number of fused-ring (bicyclic) bond motifs is 5. The van der Waals surface area contributed by atoms with Crippen LogP contribution in [0.3, 0.4) is 0 Å². The zero-order valence-corrected chi connectivity index (χ0v) is 35.9. The number of nitrogens with one attached hydrogen (secondary N) is 1. The highest BCUT2D eigenvalue weighted by Crippen LogP contribution is 2.64. The molecule has 17 heteroatoms. The number of ketones is 1. The predicted octanol–water partition coefficient (Wildman–Crippen LogP) is 4.64. The van der Waals surface area contributed by atoms with Gasteiger partial charge in [-0.1, -0.05) is 62.4 Å². The molecule has 2 aromatic carbocycles. The van der Waals surface area contributed by atoms with Crippen LogP contribution in [0.25, 0.3) is 0 Å². The first-order valence-electron chi connectivity index (χ1n) is 19.9. The molecule has 2 saturated carbocycles. The first-order chi connectivity index (χ1) is 28.4. The first-order valence-corrected chi connectivity index (χ1v) is 20.3. The van der Waals surface area contributed by atoms with Gasteiger partial charge in [0, 0.05) is 36.8 Å². The second kappa shape index (κ2) is 16.4. The minimum Gasteiger partial charge on any atom is -0.455 e. The van der Waals surface area contributed by atoms with Crippen molar-refractivity contribution >= 4 is 46.8 Å². The van der Waals surface area contributed by atoms with E-state index in [4.69, 9.17) is 40.0 Å². The van der Waals surface area contributed by atoms with Gasteiger partial charge in [-0.15, -0.1) is 0 Å². The summed E-state index contributed by atoms with van der Waals surface area (Å²) in [5.41, 5.74) is -10.0. The Hall–Kier alpha value is -4.87. The van der Waals surface area contributed by atoms with Crippen LogP contribution in [-0.2, 0) is 42.8 Å². The average Bonchev–Trinajstić information content (AvgIpc) is 3.17. The van der Waals surface area contributed by atoms with Crippen molar-refractivity contribution in [3.8, 4) is 0 Å². The van der Waals surface area contributed by atoms with Crippen molar-refractivity contribution in [3.63, 3.8) is 0 Å². The molecular formula is C44H52ClNO15. The Bertz CT molecular complexity index is 2100. The van der Waals surface area contributed by atoms with Gasteiger partial charge < -0.3 is 49.1 Å². The maximum absolute atomic E-state index is 15.0. The molecule has 0 spiro atoms. The summed E-state index contributed by atoms with van der Waals surface area (Å²) in [6.45, 7) is 11.6. The van der Waals surface area contributed by atoms with Crippen LogP contribution in [0.1, 0.15) is 90.2 Å². The molecule has 2 bridgehead atoms. The van der Waals surface area contributed by atoms with Crippen LogP contribution in [0.2, 0.25) is 0 Å².